The first-order valence-electron chi connectivity index (χ1n) is 5.26. The van der Waals surface area contributed by atoms with Gasteiger partial charge in [-0.2, -0.15) is 0 Å². The summed E-state index contributed by atoms with van der Waals surface area (Å²) in [6, 6.07) is 4.07. The summed E-state index contributed by atoms with van der Waals surface area (Å²) in [6.45, 7) is 2.03. The minimum atomic E-state index is -0.591. The van der Waals surface area contributed by atoms with Gasteiger partial charge in [-0.3, -0.25) is 19.7 Å². The highest BCUT2D eigenvalue weighted by atomic mass is 16.6. The molecule has 0 aliphatic rings. The highest BCUT2D eigenvalue weighted by molar-refractivity contribution is 5.83. The van der Waals surface area contributed by atoms with Crippen LogP contribution < -0.4 is 10.6 Å². The molecule has 0 spiro atoms. The molecular formula is C11H13N3O4. The maximum atomic E-state index is 10.9. The average Bonchev–Trinajstić information content (AvgIpc) is 2.34. The van der Waals surface area contributed by atoms with Crippen molar-refractivity contribution >= 4 is 23.6 Å². The molecule has 0 heterocycles. The van der Waals surface area contributed by atoms with Gasteiger partial charge in [-0.05, 0) is 19.1 Å². The van der Waals surface area contributed by atoms with Gasteiger partial charge < -0.3 is 10.6 Å². The standard InChI is InChI=1S/C11H13N3O4/c1-2-13(6-11(12)16)9-4-3-8(7-15)5-10(9)14(17)18/h3-5,7H,2,6H2,1H3,(H2,12,16). The van der Waals surface area contributed by atoms with E-state index in [2.05, 4.69) is 0 Å². The van der Waals surface area contributed by atoms with Crippen LogP contribution in [0.5, 0.6) is 0 Å². The normalized spacial score (nSPS) is 9.83. The Hall–Kier alpha value is -2.44. The zero-order chi connectivity index (χ0) is 13.7. The molecule has 0 bridgehead atoms. The van der Waals surface area contributed by atoms with E-state index in [9.17, 15) is 19.7 Å². The molecule has 0 aromatic heterocycles. The van der Waals surface area contributed by atoms with Crippen LogP contribution >= 0.6 is 0 Å². The largest absolute Gasteiger partial charge is 0.368 e. The predicted molar refractivity (Wildman–Crippen MR) is 65.6 cm³/mol. The summed E-state index contributed by atoms with van der Waals surface area (Å²) in [4.78, 5) is 33.3. The molecule has 7 heteroatoms. The van der Waals surface area contributed by atoms with Crippen LogP contribution in [0.4, 0.5) is 11.4 Å². The van der Waals surface area contributed by atoms with Crippen molar-refractivity contribution in [2.24, 2.45) is 5.73 Å². The van der Waals surface area contributed by atoms with E-state index in [0.717, 1.165) is 0 Å². The number of nitro groups is 1. The van der Waals surface area contributed by atoms with Gasteiger partial charge in [0.25, 0.3) is 5.69 Å². The van der Waals surface area contributed by atoms with Crippen LogP contribution in [0.1, 0.15) is 17.3 Å². The molecule has 1 rings (SSSR count). The quantitative estimate of drug-likeness (QED) is 0.455. The van der Waals surface area contributed by atoms with Gasteiger partial charge in [0.05, 0.1) is 11.5 Å². The third kappa shape index (κ3) is 3.03. The number of nitrogens with two attached hydrogens (primary N) is 1. The average molecular weight is 251 g/mol. The maximum absolute atomic E-state index is 10.9. The highest BCUT2D eigenvalue weighted by Crippen LogP contribution is 2.28. The summed E-state index contributed by atoms with van der Waals surface area (Å²) in [5, 5.41) is 10.9. The van der Waals surface area contributed by atoms with Crippen LogP contribution in [0.15, 0.2) is 18.2 Å². The van der Waals surface area contributed by atoms with Crippen molar-refractivity contribution in [3.05, 3.63) is 33.9 Å². The predicted octanol–water partition coefficient (Wildman–Crippen LogP) is 0.719. The lowest BCUT2D eigenvalue weighted by Gasteiger charge is -2.21. The smallest absolute Gasteiger partial charge is 0.293 e. The molecule has 0 saturated heterocycles. The van der Waals surface area contributed by atoms with Crippen molar-refractivity contribution in [3.63, 3.8) is 0 Å². The van der Waals surface area contributed by atoms with E-state index >= 15 is 0 Å². The number of hydrogen-bond acceptors (Lipinski definition) is 5. The molecule has 1 amide bonds. The number of hydrogen-bond donors (Lipinski definition) is 1. The number of nitrogens with zero attached hydrogens (tertiary/aromatic N) is 2. The Bertz CT molecular complexity index is 487. The number of likely N-dealkylation sites (N-methyl/N-ethyl adjacent to an activating group) is 1. The summed E-state index contributed by atoms with van der Waals surface area (Å²) >= 11 is 0. The summed E-state index contributed by atoms with van der Waals surface area (Å²) < 4.78 is 0. The Morgan fingerprint density at radius 1 is 1.56 bits per heavy atom. The number of carbonyl (C=O) groups excluding carboxylic acids is 2. The Balaban J connectivity index is 3.24. The van der Waals surface area contributed by atoms with Crippen LogP contribution in [0, 0.1) is 10.1 Å². The summed E-state index contributed by atoms with van der Waals surface area (Å²) in [5.74, 6) is -0.578. The second-order valence-electron chi connectivity index (χ2n) is 3.60. The van der Waals surface area contributed by atoms with E-state index in [1.165, 1.54) is 23.1 Å². The van der Waals surface area contributed by atoms with Gasteiger partial charge in [0.15, 0.2) is 0 Å². The van der Waals surface area contributed by atoms with Gasteiger partial charge in [-0.25, -0.2) is 0 Å². The molecule has 1 aromatic rings. The lowest BCUT2D eigenvalue weighted by molar-refractivity contribution is -0.384. The SMILES string of the molecule is CCN(CC(N)=O)c1ccc(C=O)cc1[N+](=O)[O-]. The van der Waals surface area contributed by atoms with E-state index in [0.29, 0.717) is 12.8 Å². The molecule has 0 unspecified atom stereocenters. The van der Waals surface area contributed by atoms with Crippen molar-refractivity contribution in [2.45, 2.75) is 6.92 Å². The Morgan fingerprint density at radius 2 is 2.22 bits per heavy atom. The number of anilines is 1. The van der Waals surface area contributed by atoms with Crippen molar-refractivity contribution in [1.29, 1.82) is 0 Å². The van der Waals surface area contributed by atoms with Gasteiger partial charge >= 0.3 is 0 Å². The number of aldehydes is 1. The molecule has 7 nitrogen and oxygen atoms in total. The lowest BCUT2D eigenvalue weighted by atomic mass is 10.1. The van der Waals surface area contributed by atoms with Crippen molar-refractivity contribution in [3.8, 4) is 0 Å². The molecule has 0 saturated carbocycles. The van der Waals surface area contributed by atoms with Gasteiger partial charge in [0.2, 0.25) is 5.91 Å². The van der Waals surface area contributed by atoms with Gasteiger partial charge in [-0.15, -0.1) is 0 Å². The summed E-state index contributed by atoms with van der Waals surface area (Å²) in [5.41, 5.74) is 5.34. The van der Waals surface area contributed by atoms with Crippen molar-refractivity contribution in [1.82, 2.24) is 0 Å². The molecule has 1 aromatic carbocycles. The monoisotopic (exact) mass is 251 g/mol. The molecule has 0 radical (unpaired) electrons. The minimum absolute atomic E-state index is 0.113. The summed E-state index contributed by atoms with van der Waals surface area (Å²) in [6.07, 6.45) is 0.529. The lowest BCUT2D eigenvalue weighted by Crippen LogP contribution is -2.34. The minimum Gasteiger partial charge on any atom is -0.368 e. The van der Waals surface area contributed by atoms with Crippen LogP contribution in [0.25, 0.3) is 0 Å². The van der Waals surface area contributed by atoms with Crippen LogP contribution in [-0.4, -0.2) is 30.2 Å². The van der Waals surface area contributed by atoms with E-state index < -0.39 is 10.8 Å². The number of rotatable bonds is 6. The topological polar surface area (TPSA) is 107 Å². The van der Waals surface area contributed by atoms with E-state index in [1.54, 1.807) is 6.92 Å². The fraction of sp³-hybridized carbons (Fsp3) is 0.273. The third-order valence-electron chi connectivity index (χ3n) is 2.40. The van der Waals surface area contributed by atoms with Crippen LogP contribution in [0.3, 0.4) is 0 Å². The Kier molecular flexibility index (Phi) is 4.36. The Labute approximate surface area is 103 Å². The van der Waals surface area contributed by atoms with Crippen molar-refractivity contribution in [2.75, 3.05) is 18.0 Å². The second kappa shape index (κ2) is 5.76. The number of carbonyl (C=O) groups is 2. The maximum Gasteiger partial charge on any atom is 0.293 e. The first-order valence-corrected chi connectivity index (χ1v) is 5.26. The molecule has 0 aliphatic carbocycles. The zero-order valence-electron chi connectivity index (χ0n) is 9.83. The Morgan fingerprint density at radius 3 is 2.67 bits per heavy atom. The van der Waals surface area contributed by atoms with Gasteiger partial charge in [0, 0.05) is 18.2 Å². The zero-order valence-corrected chi connectivity index (χ0v) is 9.83. The van der Waals surface area contributed by atoms with Crippen LogP contribution in [0.2, 0.25) is 0 Å². The van der Waals surface area contributed by atoms with E-state index in [4.69, 9.17) is 5.73 Å². The second-order valence-corrected chi connectivity index (χ2v) is 3.60. The molecule has 0 aliphatic heterocycles. The van der Waals surface area contributed by atoms with E-state index in [1.807, 2.05) is 0 Å². The molecule has 18 heavy (non-hydrogen) atoms. The van der Waals surface area contributed by atoms with Gasteiger partial charge in [0.1, 0.15) is 12.0 Å². The van der Waals surface area contributed by atoms with Crippen molar-refractivity contribution < 1.29 is 14.5 Å². The fourth-order valence-electron chi connectivity index (χ4n) is 1.58. The highest BCUT2D eigenvalue weighted by Gasteiger charge is 2.20. The fourth-order valence-corrected chi connectivity index (χ4v) is 1.58. The number of primary amides is 1. The number of benzene rings is 1. The third-order valence-corrected chi connectivity index (χ3v) is 2.40. The first kappa shape index (κ1) is 13.6. The first-order chi connectivity index (χ1) is 8.49. The van der Waals surface area contributed by atoms with Crippen LogP contribution in [-0.2, 0) is 4.79 Å². The summed E-state index contributed by atoms with van der Waals surface area (Å²) in [7, 11) is 0. The molecule has 0 fully saturated rings. The molecule has 2 N–H and O–H groups in total. The van der Waals surface area contributed by atoms with Gasteiger partial charge in [-0.1, -0.05) is 0 Å². The molecule has 96 valence electrons. The van der Waals surface area contributed by atoms with E-state index in [-0.39, 0.29) is 23.5 Å². The molecular weight excluding hydrogens is 238 g/mol. The number of amides is 1. The molecule has 0 atom stereocenters. The number of nitro benzene ring substituents is 1.